The Hall–Kier alpha value is -1.06. The first-order chi connectivity index (χ1) is 8.63. The van der Waals surface area contributed by atoms with Crippen LogP contribution in [0.15, 0.2) is 24.3 Å². The molecule has 3 N–H and O–H groups in total. The molecule has 1 rings (SSSR count). The van der Waals surface area contributed by atoms with Crippen molar-refractivity contribution < 1.29 is 4.74 Å². The summed E-state index contributed by atoms with van der Waals surface area (Å²) in [7, 11) is 0. The maximum atomic E-state index is 5.87. The van der Waals surface area contributed by atoms with Crippen LogP contribution in [0.3, 0.4) is 0 Å². The molecule has 0 aliphatic carbocycles. The van der Waals surface area contributed by atoms with Gasteiger partial charge in [-0.3, -0.25) is 11.3 Å². The van der Waals surface area contributed by atoms with Gasteiger partial charge in [0.05, 0.1) is 12.1 Å². The molecule has 1 atom stereocenters. The zero-order valence-corrected chi connectivity index (χ0v) is 11.9. The normalized spacial score (nSPS) is 13.1. The molecule has 0 aliphatic rings. The van der Waals surface area contributed by atoms with E-state index in [0.717, 1.165) is 24.2 Å². The third-order valence-corrected chi connectivity index (χ3v) is 3.32. The number of hydrazine groups is 1. The molecule has 0 radical (unpaired) electrons. The van der Waals surface area contributed by atoms with Gasteiger partial charge in [-0.15, -0.1) is 0 Å². The van der Waals surface area contributed by atoms with E-state index in [1.165, 1.54) is 0 Å². The zero-order valence-electron chi connectivity index (χ0n) is 11.9. The van der Waals surface area contributed by atoms with Gasteiger partial charge in [0.15, 0.2) is 0 Å². The fourth-order valence-corrected chi connectivity index (χ4v) is 2.34. The van der Waals surface area contributed by atoms with Gasteiger partial charge in [-0.2, -0.15) is 0 Å². The molecule has 0 bridgehead atoms. The van der Waals surface area contributed by atoms with Gasteiger partial charge in [-0.05, 0) is 25.8 Å². The second kappa shape index (κ2) is 7.39. The van der Waals surface area contributed by atoms with Crippen LogP contribution in [-0.2, 0) is 0 Å². The van der Waals surface area contributed by atoms with E-state index in [-0.39, 0.29) is 12.1 Å². The van der Waals surface area contributed by atoms with Gasteiger partial charge in [0.1, 0.15) is 5.75 Å². The SMILES string of the molecule is CCC(CC)C(NN)c1ccccc1OC(C)C. The van der Waals surface area contributed by atoms with Gasteiger partial charge in [0, 0.05) is 5.56 Å². The quantitative estimate of drug-likeness (QED) is 0.576. The predicted molar refractivity (Wildman–Crippen MR) is 76.3 cm³/mol. The highest BCUT2D eigenvalue weighted by atomic mass is 16.5. The highest BCUT2D eigenvalue weighted by Gasteiger charge is 2.22. The van der Waals surface area contributed by atoms with Crippen molar-refractivity contribution in [1.29, 1.82) is 0 Å². The lowest BCUT2D eigenvalue weighted by Crippen LogP contribution is -2.33. The molecule has 1 aromatic carbocycles. The standard InChI is InChI=1S/C15H26N2O/c1-5-12(6-2)15(17-16)13-9-7-8-10-14(13)18-11(3)4/h7-12,15,17H,5-6,16H2,1-4H3. The smallest absolute Gasteiger partial charge is 0.124 e. The van der Waals surface area contributed by atoms with Crippen LogP contribution in [-0.4, -0.2) is 6.10 Å². The number of para-hydroxylation sites is 1. The molecule has 1 unspecified atom stereocenters. The molecule has 0 amide bonds. The van der Waals surface area contributed by atoms with Crippen molar-refractivity contribution in [2.24, 2.45) is 11.8 Å². The molecule has 0 aromatic heterocycles. The van der Waals surface area contributed by atoms with E-state index >= 15 is 0 Å². The second-order valence-corrected chi connectivity index (χ2v) is 4.93. The average molecular weight is 250 g/mol. The molecule has 18 heavy (non-hydrogen) atoms. The fourth-order valence-electron chi connectivity index (χ4n) is 2.34. The lowest BCUT2D eigenvalue weighted by atomic mass is 9.89. The summed E-state index contributed by atoms with van der Waals surface area (Å²) < 4.78 is 5.87. The maximum absolute atomic E-state index is 5.87. The molecule has 0 heterocycles. The highest BCUT2D eigenvalue weighted by Crippen LogP contribution is 2.33. The first kappa shape index (κ1) is 15.0. The molecule has 0 saturated heterocycles. The first-order valence-corrected chi connectivity index (χ1v) is 6.85. The Labute approximate surface area is 111 Å². The predicted octanol–water partition coefficient (Wildman–Crippen LogP) is 3.41. The number of hydrogen-bond acceptors (Lipinski definition) is 3. The van der Waals surface area contributed by atoms with Crippen molar-refractivity contribution >= 4 is 0 Å². The largest absolute Gasteiger partial charge is 0.491 e. The van der Waals surface area contributed by atoms with E-state index in [0.29, 0.717) is 5.92 Å². The van der Waals surface area contributed by atoms with E-state index in [4.69, 9.17) is 10.6 Å². The topological polar surface area (TPSA) is 47.3 Å². The Bertz CT molecular complexity index is 348. The summed E-state index contributed by atoms with van der Waals surface area (Å²) in [5.74, 6) is 7.20. The van der Waals surface area contributed by atoms with Crippen LogP contribution in [0.1, 0.15) is 52.1 Å². The Morgan fingerprint density at radius 3 is 2.28 bits per heavy atom. The number of benzene rings is 1. The minimum absolute atomic E-state index is 0.148. The van der Waals surface area contributed by atoms with Crippen molar-refractivity contribution in [3.63, 3.8) is 0 Å². The van der Waals surface area contributed by atoms with Gasteiger partial charge in [-0.25, -0.2) is 0 Å². The monoisotopic (exact) mass is 250 g/mol. The Morgan fingerprint density at radius 2 is 1.78 bits per heavy atom. The van der Waals surface area contributed by atoms with Crippen LogP contribution < -0.4 is 16.0 Å². The number of ether oxygens (including phenoxy) is 1. The van der Waals surface area contributed by atoms with Gasteiger partial charge in [-0.1, -0.05) is 44.9 Å². The third-order valence-electron chi connectivity index (χ3n) is 3.32. The lowest BCUT2D eigenvalue weighted by molar-refractivity contribution is 0.232. The van der Waals surface area contributed by atoms with Crippen LogP contribution in [0.25, 0.3) is 0 Å². The van der Waals surface area contributed by atoms with Crippen molar-refractivity contribution in [3.05, 3.63) is 29.8 Å². The molecule has 3 heteroatoms. The first-order valence-electron chi connectivity index (χ1n) is 6.85. The fraction of sp³-hybridized carbons (Fsp3) is 0.600. The van der Waals surface area contributed by atoms with Crippen LogP contribution in [0.5, 0.6) is 5.75 Å². The van der Waals surface area contributed by atoms with Crippen LogP contribution in [0.4, 0.5) is 0 Å². The minimum atomic E-state index is 0.148. The van der Waals surface area contributed by atoms with E-state index in [2.05, 4.69) is 25.3 Å². The molecular weight excluding hydrogens is 224 g/mol. The Kier molecular flexibility index (Phi) is 6.16. The van der Waals surface area contributed by atoms with Crippen molar-refractivity contribution in [3.8, 4) is 5.75 Å². The molecule has 102 valence electrons. The van der Waals surface area contributed by atoms with E-state index < -0.39 is 0 Å². The maximum Gasteiger partial charge on any atom is 0.124 e. The number of nitrogens with two attached hydrogens (primary N) is 1. The number of hydrogen-bond donors (Lipinski definition) is 2. The molecule has 0 fully saturated rings. The Balaban J connectivity index is 3.04. The van der Waals surface area contributed by atoms with Gasteiger partial charge in [0.2, 0.25) is 0 Å². The lowest BCUT2D eigenvalue weighted by Gasteiger charge is -2.27. The molecule has 1 aromatic rings. The summed E-state index contributed by atoms with van der Waals surface area (Å²) in [5, 5.41) is 0. The van der Waals surface area contributed by atoms with E-state index in [9.17, 15) is 0 Å². The minimum Gasteiger partial charge on any atom is -0.491 e. The average Bonchev–Trinajstić information content (AvgIpc) is 2.36. The molecule has 0 spiro atoms. The number of rotatable bonds is 7. The van der Waals surface area contributed by atoms with Gasteiger partial charge >= 0.3 is 0 Å². The Morgan fingerprint density at radius 1 is 1.17 bits per heavy atom. The summed E-state index contributed by atoms with van der Waals surface area (Å²) in [4.78, 5) is 0. The van der Waals surface area contributed by atoms with Crippen LogP contribution in [0.2, 0.25) is 0 Å². The van der Waals surface area contributed by atoms with Crippen molar-refractivity contribution in [1.82, 2.24) is 5.43 Å². The summed E-state index contributed by atoms with van der Waals surface area (Å²) in [6.07, 6.45) is 2.37. The molecular formula is C15H26N2O. The third kappa shape index (κ3) is 3.72. The van der Waals surface area contributed by atoms with Crippen LogP contribution >= 0.6 is 0 Å². The number of nitrogens with one attached hydrogen (secondary N) is 1. The van der Waals surface area contributed by atoms with Gasteiger partial charge in [0.25, 0.3) is 0 Å². The molecule has 0 saturated carbocycles. The highest BCUT2D eigenvalue weighted by molar-refractivity contribution is 5.36. The summed E-state index contributed by atoms with van der Waals surface area (Å²) >= 11 is 0. The van der Waals surface area contributed by atoms with Gasteiger partial charge < -0.3 is 4.74 Å². The summed E-state index contributed by atoms with van der Waals surface area (Å²) in [5.41, 5.74) is 4.11. The molecule has 0 aliphatic heterocycles. The van der Waals surface area contributed by atoms with Crippen molar-refractivity contribution in [2.75, 3.05) is 0 Å². The summed E-state index contributed by atoms with van der Waals surface area (Å²) in [6, 6.07) is 8.30. The molecule has 3 nitrogen and oxygen atoms in total. The summed E-state index contributed by atoms with van der Waals surface area (Å²) in [6.45, 7) is 8.48. The van der Waals surface area contributed by atoms with Crippen molar-refractivity contribution in [2.45, 2.75) is 52.7 Å². The van der Waals surface area contributed by atoms with E-state index in [1.54, 1.807) is 0 Å². The van der Waals surface area contributed by atoms with Crippen LogP contribution in [0, 0.1) is 5.92 Å². The second-order valence-electron chi connectivity index (χ2n) is 4.93. The van der Waals surface area contributed by atoms with E-state index in [1.807, 2.05) is 32.0 Å². The zero-order chi connectivity index (χ0) is 13.5.